The van der Waals surface area contributed by atoms with Crippen LogP contribution in [-0.4, -0.2) is 37.4 Å². The molecule has 3 heteroatoms. The zero-order valence-corrected chi connectivity index (χ0v) is 12.6. The zero-order valence-electron chi connectivity index (χ0n) is 12.6. The molecule has 2 nitrogen and oxygen atoms in total. The second-order valence-corrected chi connectivity index (χ2v) is 6.48. The molecule has 0 bridgehead atoms. The molecular weight excluding hydrogens is 255 g/mol. The van der Waals surface area contributed by atoms with Gasteiger partial charge in [-0.25, -0.2) is 0 Å². The van der Waals surface area contributed by atoms with E-state index in [1.165, 1.54) is 27.7 Å². The van der Waals surface area contributed by atoms with E-state index >= 15 is 0 Å². The summed E-state index contributed by atoms with van der Waals surface area (Å²) >= 11 is 0. The minimum atomic E-state index is 0.428. The van der Waals surface area contributed by atoms with Gasteiger partial charge in [-0.15, -0.1) is 0 Å². The van der Waals surface area contributed by atoms with Gasteiger partial charge in [-0.1, -0.05) is 30.4 Å². The number of hydrogen-bond acceptors (Lipinski definition) is 1. The Morgan fingerprint density at radius 1 is 1.43 bits per heavy atom. The first kappa shape index (κ1) is 13.0. The maximum atomic E-state index is 6.20. The van der Waals surface area contributed by atoms with Crippen LogP contribution in [0.2, 0.25) is 0 Å². The molecule has 2 aliphatic rings. The number of nitrogens with zero attached hydrogens (tertiary/aromatic N) is 1. The fraction of sp³-hybridized carbons (Fsp3) is 0.333. The molecule has 0 spiro atoms. The summed E-state index contributed by atoms with van der Waals surface area (Å²) in [6.07, 6.45) is 3.42. The maximum Gasteiger partial charge on any atom is 0.138 e. The Bertz CT molecular complexity index is 784. The third-order valence-electron chi connectivity index (χ3n) is 5.06. The van der Waals surface area contributed by atoms with Gasteiger partial charge in [-0.2, -0.15) is 0 Å². The van der Waals surface area contributed by atoms with E-state index in [-0.39, 0.29) is 0 Å². The molecule has 1 N–H and O–H groups in total. The van der Waals surface area contributed by atoms with Crippen molar-refractivity contribution in [1.82, 2.24) is 9.88 Å². The maximum absolute atomic E-state index is 6.20. The smallest absolute Gasteiger partial charge is 0.138 e. The van der Waals surface area contributed by atoms with Gasteiger partial charge in [-0.05, 0) is 48.8 Å². The fourth-order valence-electron chi connectivity index (χ4n) is 3.87. The number of aromatic amines is 1. The van der Waals surface area contributed by atoms with Gasteiger partial charge in [0.05, 0.1) is 0 Å². The Balaban J connectivity index is 1.99. The number of benzene rings is 1. The Hall–Kier alpha value is -1.74. The van der Waals surface area contributed by atoms with Crippen molar-refractivity contribution in [2.75, 3.05) is 13.6 Å². The van der Waals surface area contributed by atoms with Gasteiger partial charge >= 0.3 is 0 Å². The second kappa shape index (κ2) is 4.38. The van der Waals surface area contributed by atoms with Crippen LogP contribution in [0.1, 0.15) is 18.1 Å². The molecule has 2 aromatic rings. The molecule has 2 heterocycles. The molecule has 2 unspecified atom stereocenters. The molecule has 2 atom stereocenters. The second-order valence-electron chi connectivity index (χ2n) is 6.48. The largest absolute Gasteiger partial charge is 0.368 e. The highest BCUT2D eigenvalue weighted by atomic mass is 15.1. The van der Waals surface area contributed by atoms with E-state index in [1.54, 1.807) is 0 Å². The van der Waals surface area contributed by atoms with Crippen LogP contribution in [0.4, 0.5) is 0 Å². The van der Waals surface area contributed by atoms with Gasteiger partial charge in [0, 0.05) is 29.4 Å². The third-order valence-corrected chi connectivity index (χ3v) is 5.06. The SMILES string of the molecule is [B]c1[nH]c2cccc3c2c1CC1C3=CC(C(=C)C)CN1C. The fourth-order valence-corrected chi connectivity index (χ4v) is 3.87. The summed E-state index contributed by atoms with van der Waals surface area (Å²) in [5, 5.41) is 1.31. The first-order valence-corrected chi connectivity index (χ1v) is 7.53. The third kappa shape index (κ3) is 1.77. The van der Waals surface area contributed by atoms with E-state index in [1.807, 2.05) is 0 Å². The van der Waals surface area contributed by atoms with Gasteiger partial charge in [0.1, 0.15) is 7.85 Å². The van der Waals surface area contributed by atoms with Crippen molar-refractivity contribution in [2.45, 2.75) is 19.4 Å². The van der Waals surface area contributed by atoms with E-state index in [0.29, 0.717) is 12.0 Å². The first-order valence-electron chi connectivity index (χ1n) is 7.53. The van der Waals surface area contributed by atoms with Crippen LogP contribution in [0.5, 0.6) is 0 Å². The highest BCUT2D eigenvalue weighted by molar-refractivity contribution is 6.34. The van der Waals surface area contributed by atoms with E-state index in [0.717, 1.165) is 24.1 Å². The summed E-state index contributed by atoms with van der Waals surface area (Å²) in [5.41, 5.74) is 7.27. The average molecular weight is 274 g/mol. The monoisotopic (exact) mass is 274 g/mol. The molecule has 2 radical (unpaired) electrons. The lowest BCUT2D eigenvalue weighted by molar-refractivity contribution is 0.257. The summed E-state index contributed by atoms with van der Waals surface area (Å²) in [4.78, 5) is 5.78. The van der Waals surface area contributed by atoms with E-state index in [9.17, 15) is 0 Å². The van der Waals surface area contributed by atoms with Gasteiger partial charge in [-0.3, -0.25) is 4.90 Å². The van der Waals surface area contributed by atoms with Crippen LogP contribution in [-0.2, 0) is 6.42 Å². The number of rotatable bonds is 1. The molecule has 0 saturated heterocycles. The number of aromatic nitrogens is 1. The first-order chi connectivity index (χ1) is 10.1. The summed E-state index contributed by atoms with van der Waals surface area (Å²) < 4.78 is 0. The van der Waals surface area contributed by atoms with Crippen molar-refractivity contribution in [3.8, 4) is 0 Å². The normalized spacial score (nSPS) is 24.8. The van der Waals surface area contributed by atoms with Crippen molar-refractivity contribution in [3.05, 3.63) is 47.6 Å². The van der Waals surface area contributed by atoms with Gasteiger partial charge in [0.15, 0.2) is 0 Å². The summed E-state index contributed by atoms with van der Waals surface area (Å²) in [6.45, 7) is 7.32. The number of H-pyrrole nitrogens is 1. The topological polar surface area (TPSA) is 19.0 Å². The molecule has 1 aromatic heterocycles. The van der Waals surface area contributed by atoms with Gasteiger partial charge in [0.2, 0.25) is 0 Å². The van der Waals surface area contributed by atoms with Crippen molar-refractivity contribution < 1.29 is 0 Å². The Kier molecular flexibility index (Phi) is 2.70. The van der Waals surface area contributed by atoms with Gasteiger partial charge < -0.3 is 4.98 Å². The average Bonchev–Trinajstić information content (AvgIpc) is 2.77. The van der Waals surface area contributed by atoms with Crippen molar-refractivity contribution in [2.24, 2.45) is 5.92 Å². The van der Waals surface area contributed by atoms with Crippen LogP contribution >= 0.6 is 0 Å². The number of likely N-dealkylation sites (N-methyl/N-ethyl adjacent to an activating group) is 1. The highest BCUT2D eigenvalue weighted by Gasteiger charge is 2.34. The highest BCUT2D eigenvalue weighted by Crippen LogP contribution is 2.40. The lowest BCUT2D eigenvalue weighted by atomic mass is 9.77. The number of fused-ring (bicyclic) bond motifs is 2. The van der Waals surface area contributed by atoms with Crippen LogP contribution in [0.25, 0.3) is 16.5 Å². The molecule has 1 aliphatic heterocycles. The van der Waals surface area contributed by atoms with E-state index in [4.69, 9.17) is 7.85 Å². The lowest BCUT2D eigenvalue weighted by Crippen LogP contribution is -2.43. The Labute approximate surface area is 126 Å². The standard InChI is InChI=1S/C18H19BN2/c1-10(2)11-7-13-12-5-4-6-15-17(12)14(18(19)20-15)8-16(13)21(3)9-11/h4-7,11,16,20H,1,8-9H2,2-3H3. The van der Waals surface area contributed by atoms with Crippen molar-refractivity contribution >= 4 is 29.9 Å². The summed E-state index contributed by atoms with van der Waals surface area (Å²) in [7, 11) is 8.41. The quantitative estimate of drug-likeness (QED) is 0.625. The lowest BCUT2D eigenvalue weighted by Gasteiger charge is -2.40. The summed E-state index contributed by atoms with van der Waals surface area (Å²) in [5.74, 6) is 0.439. The molecular formula is C18H19BN2. The van der Waals surface area contributed by atoms with E-state index in [2.05, 4.69) is 54.7 Å². The summed E-state index contributed by atoms with van der Waals surface area (Å²) in [6, 6.07) is 6.89. The minimum absolute atomic E-state index is 0.428. The van der Waals surface area contributed by atoms with Crippen molar-refractivity contribution in [1.29, 1.82) is 0 Å². The van der Waals surface area contributed by atoms with Crippen LogP contribution in [0.15, 0.2) is 36.4 Å². The molecule has 0 saturated carbocycles. The number of nitrogens with one attached hydrogen (secondary N) is 1. The Morgan fingerprint density at radius 3 is 3.00 bits per heavy atom. The molecule has 4 rings (SSSR count). The zero-order chi connectivity index (χ0) is 14.7. The minimum Gasteiger partial charge on any atom is -0.368 e. The van der Waals surface area contributed by atoms with Gasteiger partial charge in [0.25, 0.3) is 0 Å². The molecule has 0 amide bonds. The van der Waals surface area contributed by atoms with Crippen LogP contribution in [0.3, 0.4) is 0 Å². The molecule has 21 heavy (non-hydrogen) atoms. The molecule has 1 aliphatic carbocycles. The van der Waals surface area contributed by atoms with E-state index < -0.39 is 0 Å². The Morgan fingerprint density at radius 2 is 2.24 bits per heavy atom. The molecule has 104 valence electrons. The van der Waals surface area contributed by atoms with Crippen molar-refractivity contribution in [3.63, 3.8) is 0 Å². The predicted molar refractivity (Wildman–Crippen MR) is 90.1 cm³/mol. The van der Waals surface area contributed by atoms with Crippen LogP contribution < -0.4 is 5.59 Å². The molecule has 0 fully saturated rings. The van der Waals surface area contributed by atoms with Crippen LogP contribution in [0, 0.1) is 5.92 Å². The molecule has 1 aromatic carbocycles. The number of hydrogen-bond donors (Lipinski definition) is 1. The predicted octanol–water partition coefficient (Wildman–Crippen LogP) is 2.41.